The molecule has 4 nitrogen and oxygen atoms in total. The summed E-state index contributed by atoms with van der Waals surface area (Å²) in [5.74, 6) is 1.58. The van der Waals surface area contributed by atoms with Crippen LogP contribution in [0.3, 0.4) is 0 Å². The highest BCUT2D eigenvalue weighted by Crippen LogP contribution is 2.32. The van der Waals surface area contributed by atoms with E-state index in [0.717, 1.165) is 12.3 Å². The number of benzene rings is 1. The zero-order valence-electron chi connectivity index (χ0n) is 12.9. The van der Waals surface area contributed by atoms with E-state index in [4.69, 9.17) is 5.73 Å². The molecule has 1 aliphatic rings. The Hall–Kier alpha value is -0.560. The molecule has 1 aromatic carbocycles. The molecule has 0 saturated carbocycles. The van der Waals surface area contributed by atoms with Crippen molar-refractivity contribution in [1.29, 1.82) is 0 Å². The molecule has 0 spiro atoms. The highest BCUT2D eigenvalue weighted by Gasteiger charge is 2.36. The number of nitrogens with two attached hydrogens (primary N) is 1. The number of nitrogens with zero attached hydrogens (tertiary/aromatic N) is 1. The first-order valence-electron chi connectivity index (χ1n) is 7.14. The van der Waals surface area contributed by atoms with Crippen LogP contribution in [0.4, 0.5) is 0 Å². The van der Waals surface area contributed by atoms with Gasteiger partial charge < -0.3 is 5.73 Å². The Morgan fingerprint density at radius 1 is 1.38 bits per heavy atom. The van der Waals surface area contributed by atoms with Gasteiger partial charge >= 0.3 is 0 Å². The van der Waals surface area contributed by atoms with Gasteiger partial charge in [0.1, 0.15) is 5.37 Å². The lowest BCUT2D eigenvalue weighted by atomic mass is 9.95. The molecule has 1 heterocycles. The predicted molar refractivity (Wildman–Crippen MR) is 90.4 cm³/mol. The lowest BCUT2D eigenvalue weighted by molar-refractivity contribution is 0.197. The third kappa shape index (κ3) is 3.62. The fourth-order valence-electron chi connectivity index (χ4n) is 3.09. The van der Waals surface area contributed by atoms with Crippen molar-refractivity contribution in [3.63, 3.8) is 0 Å². The Labute approximate surface area is 132 Å². The Balaban J connectivity index is 2.44. The largest absolute Gasteiger partial charge is 0.329 e. The number of hydrogen-bond donors (Lipinski definition) is 1. The van der Waals surface area contributed by atoms with Gasteiger partial charge in [0, 0.05) is 36.9 Å². The van der Waals surface area contributed by atoms with Gasteiger partial charge in [-0.3, -0.25) is 4.90 Å². The Morgan fingerprint density at radius 3 is 2.52 bits per heavy atom. The van der Waals surface area contributed by atoms with Crippen molar-refractivity contribution >= 4 is 21.6 Å². The maximum atomic E-state index is 12.1. The Kier molecular flexibility index (Phi) is 5.35. The minimum Gasteiger partial charge on any atom is -0.329 e. The molecule has 1 fully saturated rings. The van der Waals surface area contributed by atoms with Gasteiger partial charge in [-0.2, -0.15) is 11.8 Å². The first-order valence-corrected chi connectivity index (χ1v) is 10.3. The van der Waals surface area contributed by atoms with Crippen LogP contribution in [0.25, 0.3) is 0 Å². The van der Waals surface area contributed by atoms with E-state index in [2.05, 4.69) is 30.9 Å². The Morgan fingerprint density at radius 2 is 2.00 bits per heavy atom. The molecule has 1 aliphatic heterocycles. The topological polar surface area (TPSA) is 63.4 Å². The van der Waals surface area contributed by atoms with E-state index in [1.54, 1.807) is 11.8 Å². The van der Waals surface area contributed by atoms with Gasteiger partial charge in [0.15, 0.2) is 9.84 Å². The summed E-state index contributed by atoms with van der Waals surface area (Å²) in [6.07, 6.45) is 1.33. The second-order valence-electron chi connectivity index (χ2n) is 5.65. The molecule has 0 aliphatic carbocycles. The van der Waals surface area contributed by atoms with E-state index >= 15 is 0 Å². The molecule has 118 valence electrons. The van der Waals surface area contributed by atoms with Crippen LogP contribution in [0.5, 0.6) is 0 Å². The van der Waals surface area contributed by atoms with E-state index in [-0.39, 0.29) is 6.04 Å². The fourth-order valence-corrected chi connectivity index (χ4v) is 6.01. The van der Waals surface area contributed by atoms with Crippen LogP contribution in [-0.4, -0.2) is 49.5 Å². The zero-order valence-corrected chi connectivity index (χ0v) is 14.5. The van der Waals surface area contributed by atoms with Gasteiger partial charge in [-0.25, -0.2) is 8.42 Å². The van der Waals surface area contributed by atoms with E-state index in [1.807, 2.05) is 6.07 Å². The normalized spacial score (nSPS) is 22.2. The summed E-state index contributed by atoms with van der Waals surface area (Å²) in [6.45, 7) is 5.33. The molecule has 1 aromatic rings. The quantitative estimate of drug-likeness (QED) is 0.912. The average Bonchev–Trinajstić information content (AvgIpc) is 2.42. The van der Waals surface area contributed by atoms with Crippen molar-refractivity contribution in [3.8, 4) is 0 Å². The van der Waals surface area contributed by atoms with Gasteiger partial charge in [0.2, 0.25) is 0 Å². The highest BCUT2D eigenvalue weighted by atomic mass is 32.2. The molecule has 2 atom stereocenters. The molecule has 1 saturated heterocycles. The van der Waals surface area contributed by atoms with Crippen molar-refractivity contribution in [2.24, 2.45) is 5.73 Å². The molecule has 0 aromatic heterocycles. The fraction of sp³-hybridized carbons (Fsp3) is 0.600. The Bertz CT molecular complexity index is 581. The molecule has 2 unspecified atom stereocenters. The van der Waals surface area contributed by atoms with Crippen molar-refractivity contribution < 1.29 is 8.42 Å². The molecule has 6 heteroatoms. The highest BCUT2D eigenvalue weighted by molar-refractivity contribution is 8.00. The van der Waals surface area contributed by atoms with Crippen LogP contribution < -0.4 is 5.73 Å². The van der Waals surface area contributed by atoms with Crippen LogP contribution in [0.15, 0.2) is 18.2 Å². The summed E-state index contributed by atoms with van der Waals surface area (Å²) in [4.78, 5) is 2.08. The van der Waals surface area contributed by atoms with Crippen LogP contribution in [0.2, 0.25) is 0 Å². The zero-order chi connectivity index (χ0) is 15.6. The van der Waals surface area contributed by atoms with Crippen molar-refractivity contribution in [2.75, 3.05) is 30.9 Å². The number of thioether (sulfide) groups is 1. The summed E-state index contributed by atoms with van der Waals surface area (Å²) in [7, 11) is -3.11. The van der Waals surface area contributed by atoms with Gasteiger partial charge in [-0.05, 0) is 30.5 Å². The smallest absolute Gasteiger partial charge is 0.164 e. The third-order valence-corrected chi connectivity index (χ3v) is 6.78. The van der Waals surface area contributed by atoms with Gasteiger partial charge in [-0.1, -0.05) is 18.2 Å². The molecular formula is C15H24N2O2S2. The van der Waals surface area contributed by atoms with E-state index in [0.29, 0.717) is 12.3 Å². The summed E-state index contributed by atoms with van der Waals surface area (Å²) < 4.78 is 24.2. The van der Waals surface area contributed by atoms with Gasteiger partial charge in [0.25, 0.3) is 0 Å². The molecule has 21 heavy (non-hydrogen) atoms. The van der Waals surface area contributed by atoms with Crippen LogP contribution in [-0.2, 0) is 9.84 Å². The number of rotatable bonds is 4. The summed E-state index contributed by atoms with van der Waals surface area (Å²) in [6, 6.07) is 6.13. The lowest BCUT2D eigenvalue weighted by Gasteiger charge is -2.40. The van der Waals surface area contributed by atoms with Crippen molar-refractivity contribution in [3.05, 3.63) is 34.9 Å². The van der Waals surface area contributed by atoms with Gasteiger partial charge in [-0.15, -0.1) is 0 Å². The predicted octanol–water partition coefficient (Wildman–Crippen LogP) is 1.72. The van der Waals surface area contributed by atoms with E-state index < -0.39 is 15.2 Å². The van der Waals surface area contributed by atoms with E-state index in [1.165, 1.54) is 22.9 Å². The average molecular weight is 329 g/mol. The van der Waals surface area contributed by atoms with Crippen LogP contribution in [0, 0.1) is 13.8 Å². The van der Waals surface area contributed by atoms with Crippen LogP contribution in [0.1, 0.15) is 22.7 Å². The molecule has 0 bridgehead atoms. The summed E-state index contributed by atoms with van der Waals surface area (Å²) in [5, 5.41) is -0.441. The van der Waals surface area contributed by atoms with Gasteiger partial charge in [0.05, 0.1) is 0 Å². The molecular weight excluding hydrogens is 304 g/mol. The molecule has 2 rings (SSSR count). The second-order valence-corrected chi connectivity index (χ2v) is 9.01. The maximum Gasteiger partial charge on any atom is 0.164 e. The first-order chi connectivity index (χ1) is 9.86. The third-order valence-electron chi connectivity index (χ3n) is 4.12. The number of sulfone groups is 1. The minimum absolute atomic E-state index is 0.0353. The minimum atomic E-state index is -3.11. The number of aryl methyl sites for hydroxylation is 2. The standard InChI is InChI=1S/C15H24N2O2S2/c1-11-5-4-6-12(2)15(11)13(9-16)17-7-8-20-10-14(17)21(3,18)19/h4-6,13-14H,7-10,16H2,1-3H3. The molecule has 0 amide bonds. The number of hydrogen-bond acceptors (Lipinski definition) is 5. The summed E-state index contributed by atoms with van der Waals surface area (Å²) >= 11 is 1.70. The second kappa shape index (κ2) is 6.69. The SMILES string of the molecule is Cc1cccc(C)c1C(CN)N1CCSCC1S(C)(=O)=O. The van der Waals surface area contributed by atoms with Crippen molar-refractivity contribution in [2.45, 2.75) is 25.3 Å². The van der Waals surface area contributed by atoms with Crippen LogP contribution >= 0.6 is 11.8 Å². The molecule has 0 radical (unpaired) electrons. The molecule has 2 N–H and O–H groups in total. The summed E-state index contributed by atoms with van der Waals surface area (Å²) in [5.41, 5.74) is 9.57. The first kappa shape index (κ1) is 16.8. The monoisotopic (exact) mass is 328 g/mol. The van der Waals surface area contributed by atoms with E-state index in [9.17, 15) is 8.42 Å². The lowest BCUT2D eigenvalue weighted by Crippen LogP contribution is -2.50. The van der Waals surface area contributed by atoms with Crippen molar-refractivity contribution in [1.82, 2.24) is 4.90 Å². The maximum absolute atomic E-state index is 12.1.